The predicted molar refractivity (Wildman–Crippen MR) is 52.4 cm³/mol. The standard InChI is InChI=1S/C11H20O2/c1-7-5-8(2)10(13)11(4,6-7)9(3)12/h7-9,12H,5-6H2,1-4H3/t7-,8+,9-,11-/m1/s1. The molecule has 0 aliphatic heterocycles. The topological polar surface area (TPSA) is 37.3 Å². The molecule has 0 radical (unpaired) electrons. The van der Waals surface area contributed by atoms with Crippen molar-refractivity contribution in [1.82, 2.24) is 0 Å². The normalized spacial score (nSPS) is 43.3. The predicted octanol–water partition coefficient (Wildman–Crippen LogP) is 2.01. The highest BCUT2D eigenvalue weighted by atomic mass is 16.3. The molecule has 0 heterocycles. The zero-order valence-electron chi connectivity index (χ0n) is 9.00. The van der Waals surface area contributed by atoms with Gasteiger partial charge in [0, 0.05) is 5.92 Å². The second-order valence-electron chi connectivity index (χ2n) is 4.90. The molecule has 4 atom stereocenters. The van der Waals surface area contributed by atoms with Crippen molar-refractivity contribution in [2.45, 2.75) is 46.6 Å². The molecule has 1 rings (SSSR count). The maximum Gasteiger partial charge on any atom is 0.144 e. The summed E-state index contributed by atoms with van der Waals surface area (Å²) in [5.74, 6) is 0.899. The van der Waals surface area contributed by atoms with Crippen molar-refractivity contribution in [3.63, 3.8) is 0 Å². The van der Waals surface area contributed by atoms with Crippen molar-refractivity contribution in [3.05, 3.63) is 0 Å². The van der Waals surface area contributed by atoms with Crippen molar-refractivity contribution in [1.29, 1.82) is 0 Å². The zero-order valence-corrected chi connectivity index (χ0v) is 9.00. The van der Waals surface area contributed by atoms with Gasteiger partial charge >= 0.3 is 0 Å². The number of aliphatic hydroxyl groups excluding tert-OH is 1. The van der Waals surface area contributed by atoms with E-state index in [1.807, 2.05) is 13.8 Å². The molecule has 0 aromatic carbocycles. The van der Waals surface area contributed by atoms with Gasteiger partial charge in [0.15, 0.2) is 0 Å². The number of carbonyl (C=O) groups excluding carboxylic acids is 1. The molecular weight excluding hydrogens is 164 g/mol. The first-order valence-electron chi connectivity index (χ1n) is 5.10. The van der Waals surface area contributed by atoms with Gasteiger partial charge in [-0.2, -0.15) is 0 Å². The second-order valence-corrected chi connectivity index (χ2v) is 4.90. The highest BCUT2D eigenvalue weighted by Gasteiger charge is 2.44. The average Bonchev–Trinajstić information content (AvgIpc) is 1.99. The van der Waals surface area contributed by atoms with Crippen LogP contribution in [0.1, 0.15) is 40.5 Å². The lowest BCUT2D eigenvalue weighted by molar-refractivity contribution is -0.143. The Morgan fingerprint density at radius 1 is 1.54 bits per heavy atom. The summed E-state index contributed by atoms with van der Waals surface area (Å²) in [6, 6.07) is 0. The molecule has 13 heavy (non-hydrogen) atoms. The molecule has 0 aromatic heterocycles. The van der Waals surface area contributed by atoms with Gasteiger partial charge in [-0.3, -0.25) is 4.79 Å². The number of carbonyl (C=O) groups is 1. The number of hydrogen-bond donors (Lipinski definition) is 1. The molecule has 0 aromatic rings. The van der Waals surface area contributed by atoms with Crippen molar-refractivity contribution in [3.8, 4) is 0 Å². The third-order valence-electron chi connectivity index (χ3n) is 3.46. The van der Waals surface area contributed by atoms with Gasteiger partial charge in [0.05, 0.1) is 11.5 Å². The lowest BCUT2D eigenvalue weighted by Crippen LogP contribution is -2.46. The maximum atomic E-state index is 11.9. The maximum absolute atomic E-state index is 11.9. The van der Waals surface area contributed by atoms with Crippen LogP contribution in [0.15, 0.2) is 0 Å². The van der Waals surface area contributed by atoms with Gasteiger partial charge in [0.25, 0.3) is 0 Å². The molecule has 2 nitrogen and oxygen atoms in total. The fourth-order valence-corrected chi connectivity index (χ4v) is 2.56. The Balaban J connectivity index is 2.88. The SMILES string of the molecule is C[C@@H]1C[C@H](C)C(=O)[C@@](C)([C@@H](C)O)C1. The molecule has 76 valence electrons. The van der Waals surface area contributed by atoms with Crippen LogP contribution in [0.4, 0.5) is 0 Å². The first kappa shape index (κ1) is 10.7. The van der Waals surface area contributed by atoms with Crippen LogP contribution >= 0.6 is 0 Å². The highest BCUT2D eigenvalue weighted by molar-refractivity contribution is 5.87. The van der Waals surface area contributed by atoms with E-state index < -0.39 is 11.5 Å². The van der Waals surface area contributed by atoms with Crippen molar-refractivity contribution in [2.24, 2.45) is 17.3 Å². The summed E-state index contributed by atoms with van der Waals surface area (Å²) in [6.45, 7) is 7.75. The molecular formula is C11H20O2. The van der Waals surface area contributed by atoms with E-state index in [1.54, 1.807) is 6.92 Å². The quantitative estimate of drug-likeness (QED) is 0.677. The van der Waals surface area contributed by atoms with Gasteiger partial charge in [0.1, 0.15) is 5.78 Å². The van der Waals surface area contributed by atoms with Crippen molar-refractivity contribution in [2.75, 3.05) is 0 Å². The first-order chi connectivity index (χ1) is 5.88. The lowest BCUT2D eigenvalue weighted by Gasteiger charge is -2.40. The fourth-order valence-electron chi connectivity index (χ4n) is 2.56. The van der Waals surface area contributed by atoms with Crippen LogP contribution in [0.5, 0.6) is 0 Å². The molecule has 1 aliphatic rings. The summed E-state index contributed by atoms with van der Waals surface area (Å²) in [6.07, 6.45) is 1.28. The molecule has 0 spiro atoms. The van der Waals surface area contributed by atoms with Gasteiger partial charge in [-0.1, -0.05) is 20.8 Å². The van der Waals surface area contributed by atoms with Gasteiger partial charge < -0.3 is 5.11 Å². The van der Waals surface area contributed by atoms with E-state index in [0.29, 0.717) is 5.92 Å². The Morgan fingerprint density at radius 2 is 2.08 bits per heavy atom. The Hall–Kier alpha value is -0.370. The van der Waals surface area contributed by atoms with Gasteiger partial charge in [-0.05, 0) is 25.7 Å². The Labute approximate surface area is 80.3 Å². The number of rotatable bonds is 1. The third kappa shape index (κ3) is 1.78. The summed E-state index contributed by atoms with van der Waals surface area (Å²) >= 11 is 0. The van der Waals surface area contributed by atoms with E-state index >= 15 is 0 Å². The van der Waals surface area contributed by atoms with Gasteiger partial charge in [-0.25, -0.2) is 0 Å². The highest BCUT2D eigenvalue weighted by Crippen LogP contribution is 2.41. The summed E-state index contributed by atoms with van der Waals surface area (Å²) in [4.78, 5) is 11.9. The number of ketones is 1. The van der Waals surface area contributed by atoms with E-state index in [-0.39, 0.29) is 11.7 Å². The summed E-state index contributed by atoms with van der Waals surface area (Å²) in [5.41, 5.74) is -0.503. The van der Waals surface area contributed by atoms with E-state index in [1.165, 1.54) is 0 Å². The molecule has 0 saturated heterocycles. The lowest BCUT2D eigenvalue weighted by atomic mass is 9.64. The molecule has 1 N–H and O–H groups in total. The monoisotopic (exact) mass is 184 g/mol. The van der Waals surface area contributed by atoms with Crippen LogP contribution in [-0.4, -0.2) is 17.0 Å². The molecule has 1 aliphatic carbocycles. The van der Waals surface area contributed by atoms with Crippen LogP contribution in [0.3, 0.4) is 0 Å². The average molecular weight is 184 g/mol. The Kier molecular flexibility index (Phi) is 2.81. The summed E-state index contributed by atoms with van der Waals surface area (Å²) in [5, 5.41) is 9.62. The molecule has 2 heteroatoms. The molecule has 1 saturated carbocycles. The number of aliphatic hydroxyl groups is 1. The van der Waals surface area contributed by atoms with E-state index in [9.17, 15) is 9.90 Å². The zero-order chi connectivity index (χ0) is 10.2. The van der Waals surface area contributed by atoms with E-state index in [4.69, 9.17) is 0 Å². The van der Waals surface area contributed by atoms with Crippen LogP contribution in [-0.2, 0) is 4.79 Å². The molecule has 0 bridgehead atoms. The minimum atomic E-state index is -0.523. The Morgan fingerprint density at radius 3 is 2.54 bits per heavy atom. The summed E-state index contributed by atoms with van der Waals surface area (Å²) < 4.78 is 0. The smallest absolute Gasteiger partial charge is 0.144 e. The third-order valence-corrected chi connectivity index (χ3v) is 3.46. The van der Waals surface area contributed by atoms with E-state index in [2.05, 4.69) is 6.92 Å². The Bertz CT molecular complexity index is 210. The minimum absolute atomic E-state index is 0.114. The summed E-state index contributed by atoms with van der Waals surface area (Å²) in [7, 11) is 0. The first-order valence-corrected chi connectivity index (χ1v) is 5.10. The molecule has 0 unspecified atom stereocenters. The van der Waals surface area contributed by atoms with Gasteiger partial charge in [-0.15, -0.1) is 0 Å². The molecule has 1 fully saturated rings. The number of hydrogen-bond acceptors (Lipinski definition) is 2. The largest absolute Gasteiger partial charge is 0.392 e. The van der Waals surface area contributed by atoms with Gasteiger partial charge in [0.2, 0.25) is 0 Å². The van der Waals surface area contributed by atoms with Crippen LogP contribution in [0.2, 0.25) is 0 Å². The van der Waals surface area contributed by atoms with Crippen LogP contribution in [0.25, 0.3) is 0 Å². The number of Topliss-reactive ketones (excluding diaryl/α,β-unsaturated/α-hetero) is 1. The fraction of sp³-hybridized carbons (Fsp3) is 0.909. The van der Waals surface area contributed by atoms with Crippen molar-refractivity contribution < 1.29 is 9.90 Å². The van der Waals surface area contributed by atoms with E-state index in [0.717, 1.165) is 12.8 Å². The van der Waals surface area contributed by atoms with Crippen molar-refractivity contribution >= 4 is 5.78 Å². The minimum Gasteiger partial charge on any atom is -0.392 e. The van der Waals surface area contributed by atoms with Crippen LogP contribution < -0.4 is 0 Å². The molecule has 0 amide bonds. The second kappa shape index (κ2) is 3.41. The van der Waals surface area contributed by atoms with Crippen LogP contribution in [0, 0.1) is 17.3 Å².